The van der Waals surface area contributed by atoms with E-state index in [9.17, 15) is 0 Å². The maximum atomic E-state index is 5.90. The van der Waals surface area contributed by atoms with Gasteiger partial charge in [0.15, 0.2) is 11.0 Å². The van der Waals surface area contributed by atoms with Crippen molar-refractivity contribution in [3.63, 3.8) is 0 Å². The van der Waals surface area contributed by atoms with Crippen LogP contribution in [0.1, 0.15) is 31.4 Å². The molecule has 1 unspecified atom stereocenters. The lowest BCUT2D eigenvalue weighted by molar-refractivity contribution is 0.572. The summed E-state index contributed by atoms with van der Waals surface area (Å²) in [6.45, 7) is 9.56. The Bertz CT molecular complexity index is 415. The van der Waals surface area contributed by atoms with E-state index in [1.807, 2.05) is 13.8 Å². The molecule has 1 aromatic heterocycles. The zero-order chi connectivity index (χ0) is 11.9. The van der Waals surface area contributed by atoms with Crippen LogP contribution in [0.15, 0.2) is 0 Å². The highest BCUT2D eigenvalue weighted by molar-refractivity contribution is 6.30. The lowest BCUT2D eigenvalue weighted by Gasteiger charge is -2.10. The molecule has 0 bridgehead atoms. The van der Waals surface area contributed by atoms with Crippen molar-refractivity contribution in [3.05, 3.63) is 16.3 Å². The molecule has 1 aromatic rings. The lowest BCUT2D eigenvalue weighted by Crippen LogP contribution is -2.11. The zero-order valence-electron chi connectivity index (χ0n) is 10.3. The molecule has 0 radical (unpaired) electrons. The normalized spacial score (nSPS) is 21.9. The molecule has 1 heterocycles. The van der Waals surface area contributed by atoms with E-state index in [1.54, 1.807) is 0 Å². The number of nitrogens with one attached hydrogen (secondary N) is 1. The summed E-state index contributed by atoms with van der Waals surface area (Å²) in [5.74, 6) is 1.62. The average molecular weight is 240 g/mol. The van der Waals surface area contributed by atoms with Crippen molar-refractivity contribution in [1.29, 1.82) is 0 Å². The van der Waals surface area contributed by atoms with Crippen LogP contribution in [0, 0.1) is 25.2 Å². The fourth-order valence-electron chi connectivity index (χ4n) is 1.89. The molecule has 2 rings (SSSR count). The third-order valence-electron chi connectivity index (χ3n) is 3.70. The molecule has 0 aliphatic heterocycles. The van der Waals surface area contributed by atoms with Crippen LogP contribution in [0.3, 0.4) is 0 Å². The number of hydrogen-bond donors (Lipinski definition) is 1. The van der Waals surface area contributed by atoms with Crippen molar-refractivity contribution in [2.24, 2.45) is 11.3 Å². The summed E-state index contributed by atoms with van der Waals surface area (Å²) in [5.41, 5.74) is 2.60. The Morgan fingerprint density at radius 2 is 1.94 bits per heavy atom. The first kappa shape index (κ1) is 11.6. The van der Waals surface area contributed by atoms with Crippen molar-refractivity contribution in [1.82, 2.24) is 10.2 Å². The van der Waals surface area contributed by atoms with Gasteiger partial charge in [-0.3, -0.25) is 0 Å². The molecule has 3 nitrogen and oxygen atoms in total. The topological polar surface area (TPSA) is 37.8 Å². The number of nitrogens with zero attached hydrogens (tertiary/aromatic N) is 2. The molecule has 1 aliphatic carbocycles. The lowest BCUT2D eigenvalue weighted by atomic mass is 10.1. The van der Waals surface area contributed by atoms with Crippen molar-refractivity contribution >= 4 is 17.4 Å². The Morgan fingerprint density at radius 1 is 1.31 bits per heavy atom. The van der Waals surface area contributed by atoms with Crippen LogP contribution in [0.5, 0.6) is 0 Å². The molecular weight excluding hydrogens is 222 g/mol. The third-order valence-corrected chi connectivity index (χ3v) is 4.06. The van der Waals surface area contributed by atoms with E-state index >= 15 is 0 Å². The van der Waals surface area contributed by atoms with Crippen LogP contribution in [0.25, 0.3) is 0 Å². The van der Waals surface area contributed by atoms with Crippen molar-refractivity contribution < 1.29 is 0 Å². The van der Waals surface area contributed by atoms with Crippen LogP contribution in [-0.4, -0.2) is 16.7 Å². The quantitative estimate of drug-likeness (QED) is 0.880. The molecular formula is C12H18ClN3. The van der Waals surface area contributed by atoms with E-state index in [1.165, 1.54) is 6.42 Å². The van der Waals surface area contributed by atoms with E-state index in [0.717, 1.165) is 29.4 Å². The van der Waals surface area contributed by atoms with Gasteiger partial charge in [-0.1, -0.05) is 25.4 Å². The number of halogens is 1. The molecule has 1 N–H and O–H groups in total. The number of anilines is 1. The number of hydrogen-bond acceptors (Lipinski definition) is 3. The first-order valence-electron chi connectivity index (χ1n) is 5.65. The van der Waals surface area contributed by atoms with Crippen LogP contribution in [-0.2, 0) is 0 Å². The summed E-state index contributed by atoms with van der Waals surface area (Å²) in [5, 5.41) is 11.9. The van der Waals surface area contributed by atoms with Gasteiger partial charge in [0.1, 0.15) is 0 Å². The minimum Gasteiger partial charge on any atom is -0.368 e. The van der Waals surface area contributed by atoms with Gasteiger partial charge in [-0.15, -0.1) is 10.2 Å². The highest BCUT2D eigenvalue weighted by Crippen LogP contribution is 2.51. The number of rotatable bonds is 3. The minimum absolute atomic E-state index is 0.495. The summed E-state index contributed by atoms with van der Waals surface area (Å²) >= 11 is 5.90. The second-order valence-electron chi connectivity index (χ2n) is 5.36. The van der Waals surface area contributed by atoms with Gasteiger partial charge >= 0.3 is 0 Å². The van der Waals surface area contributed by atoms with Gasteiger partial charge in [-0.2, -0.15) is 0 Å². The molecule has 1 aliphatic rings. The van der Waals surface area contributed by atoms with E-state index in [-0.39, 0.29) is 0 Å². The van der Waals surface area contributed by atoms with E-state index in [2.05, 4.69) is 29.4 Å². The summed E-state index contributed by atoms with van der Waals surface area (Å²) in [6.07, 6.45) is 1.29. The average Bonchev–Trinajstić information content (AvgIpc) is 2.82. The molecule has 1 saturated carbocycles. The number of aromatic nitrogens is 2. The molecule has 4 heteroatoms. The fourth-order valence-corrected chi connectivity index (χ4v) is 2.07. The first-order valence-corrected chi connectivity index (χ1v) is 6.03. The fraction of sp³-hybridized carbons (Fsp3) is 0.667. The van der Waals surface area contributed by atoms with E-state index < -0.39 is 0 Å². The molecule has 1 fully saturated rings. The minimum atomic E-state index is 0.495. The molecule has 1 atom stereocenters. The maximum absolute atomic E-state index is 5.90. The maximum Gasteiger partial charge on any atom is 0.155 e. The van der Waals surface area contributed by atoms with Crippen LogP contribution in [0.4, 0.5) is 5.82 Å². The van der Waals surface area contributed by atoms with Gasteiger partial charge in [-0.05, 0) is 42.7 Å². The highest BCUT2D eigenvalue weighted by atomic mass is 35.5. The molecule has 0 saturated heterocycles. The Kier molecular flexibility index (Phi) is 2.82. The molecule has 88 valence electrons. The Labute approximate surface area is 102 Å². The second-order valence-corrected chi connectivity index (χ2v) is 5.72. The summed E-state index contributed by atoms with van der Waals surface area (Å²) in [7, 11) is 0. The van der Waals surface area contributed by atoms with Gasteiger partial charge < -0.3 is 5.32 Å². The Hall–Kier alpha value is -0.830. The predicted octanol–water partition coefficient (Wildman–Crippen LogP) is 3.20. The highest BCUT2D eigenvalue weighted by Gasteiger charge is 2.45. The Morgan fingerprint density at radius 3 is 2.50 bits per heavy atom. The molecule has 0 aromatic carbocycles. The van der Waals surface area contributed by atoms with Crippen molar-refractivity contribution in [2.45, 2.75) is 34.1 Å². The monoisotopic (exact) mass is 239 g/mol. The van der Waals surface area contributed by atoms with Crippen LogP contribution in [0.2, 0.25) is 5.15 Å². The zero-order valence-corrected chi connectivity index (χ0v) is 11.0. The van der Waals surface area contributed by atoms with E-state index in [0.29, 0.717) is 10.6 Å². The predicted molar refractivity (Wildman–Crippen MR) is 66.9 cm³/mol. The van der Waals surface area contributed by atoms with Gasteiger partial charge in [0.25, 0.3) is 0 Å². The van der Waals surface area contributed by atoms with E-state index in [4.69, 9.17) is 11.6 Å². The second kappa shape index (κ2) is 3.88. The molecule has 0 amide bonds. The Balaban J connectivity index is 2.03. The standard InChI is InChI=1S/C12H18ClN3/c1-7-8(2)11(16-15-10(7)13)14-6-9-5-12(9,3)4/h9H,5-6H2,1-4H3,(H,14,16). The van der Waals surface area contributed by atoms with Crippen LogP contribution < -0.4 is 5.32 Å². The van der Waals surface area contributed by atoms with Crippen molar-refractivity contribution in [3.8, 4) is 0 Å². The molecule has 0 spiro atoms. The van der Waals surface area contributed by atoms with Gasteiger partial charge in [-0.25, -0.2) is 0 Å². The largest absolute Gasteiger partial charge is 0.368 e. The summed E-state index contributed by atoms with van der Waals surface area (Å²) in [4.78, 5) is 0. The SMILES string of the molecule is Cc1c(Cl)nnc(NCC2CC2(C)C)c1C. The smallest absolute Gasteiger partial charge is 0.155 e. The summed E-state index contributed by atoms with van der Waals surface area (Å²) in [6, 6.07) is 0. The molecule has 16 heavy (non-hydrogen) atoms. The van der Waals surface area contributed by atoms with Crippen LogP contribution >= 0.6 is 11.6 Å². The van der Waals surface area contributed by atoms with Crippen molar-refractivity contribution in [2.75, 3.05) is 11.9 Å². The third kappa shape index (κ3) is 2.14. The summed E-state index contributed by atoms with van der Waals surface area (Å²) < 4.78 is 0. The van der Waals surface area contributed by atoms with Gasteiger partial charge in [0, 0.05) is 6.54 Å². The van der Waals surface area contributed by atoms with Gasteiger partial charge in [0.05, 0.1) is 0 Å². The first-order chi connectivity index (χ1) is 7.42. The van der Waals surface area contributed by atoms with Gasteiger partial charge in [0.2, 0.25) is 0 Å².